The van der Waals surface area contributed by atoms with Gasteiger partial charge in [-0.3, -0.25) is 4.79 Å². The van der Waals surface area contributed by atoms with E-state index in [1.807, 2.05) is 37.6 Å². The number of hydrogen-bond acceptors (Lipinski definition) is 4. The van der Waals surface area contributed by atoms with Gasteiger partial charge in [-0.05, 0) is 60.8 Å². The zero-order chi connectivity index (χ0) is 24.6. The summed E-state index contributed by atoms with van der Waals surface area (Å²) in [4.78, 5) is 19.6. The van der Waals surface area contributed by atoms with Gasteiger partial charge in [0, 0.05) is 31.6 Å². The molecule has 0 radical (unpaired) electrons. The Morgan fingerprint density at radius 1 is 1.13 bits per heavy atom. The highest BCUT2D eigenvalue weighted by atomic mass is 16.5. The third-order valence-corrected chi connectivity index (χ3v) is 4.86. The molecule has 0 atom stereocenters. The number of allylic oxidation sites excluding steroid dienone is 3. The average molecular weight is 436 g/mol. The molecule has 31 heavy (non-hydrogen) atoms. The molecule has 1 heterocycles. The van der Waals surface area contributed by atoms with E-state index in [4.69, 9.17) is 4.74 Å². The lowest BCUT2D eigenvalue weighted by atomic mass is 10.1. The highest BCUT2D eigenvalue weighted by Gasteiger charge is 2.19. The number of anilines is 1. The van der Waals surface area contributed by atoms with Crippen LogP contribution in [0.25, 0.3) is 0 Å². The minimum absolute atomic E-state index is 0.0216. The van der Waals surface area contributed by atoms with E-state index in [0.717, 1.165) is 43.8 Å². The second-order valence-electron chi connectivity index (χ2n) is 7.86. The van der Waals surface area contributed by atoms with Crippen LogP contribution in [0.5, 0.6) is 0 Å². The molecule has 0 aliphatic heterocycles. The van der Waals surface area contributed by atoms with Gasteiger partial charge >= 0.3 is 0 Å². The minimum atomic E-state index is 0.0216. The summed E-state index contributed by atoms with van der Waals surface area (Å²) in [6, 6.07) is 0.239. The second kappa shape index (κ2) is 17.8. The highest BCUT2D eigenvalue weighted by Crippen LogP contribution is 2.19. The van der Waals surface area contributed by atoms with Crippen LogP contribution in [0.3, 0.4) is 0 Å². The number of hydrogen-bond donors (Lipinski definition) is 0. The molecule has 0 aliphatic carbocycles. The van der Waals surface area contributed by atoms with Crippen molar-refractivity contribution >= 4 is 5.82 Å². The van der Waals surface area contributed by atoms with Gasteiger partial charge < -0.3 is 14.2 Å². The van der Waals surface area contributed by atoms with Crippen LogP contribution < -0.4 is 10.5 Å². The second-order valence-corrected chi connectivity index (χ2v) is 7.86. The molecular formula is C26H49N3O2. The van der Waals surface area contributed by atoms with Crippen LogP contribution in [0.2, 0.25) is 0 Å². The van der Waals surface area contributed by atoms with Gasteiger partial charge in [0.05, 0.1) is 12.3 Å². The van der Waals surface area contributed by atoms with Crippen molar-refractivity contribution in [3.8, 4) is 0 Å². The van der Waals surface area contributed by atoms with Crippen molar-refractivity contribution in [2.24, 2.45) is 0 Å². The van der Waals surface area contributed by atoms with Gasteiger partial charge in [-0.25, -0.2) is 4.98 Å². The molecule has 1 rings (SSSR count). The summed E-state index contributed by atoms with van der Waals surface area (Å²) >= 11 is 0. The van der Waals surface area contributed by atoms with E-state index in [9.17, 15) is 4.79 Å². The predicted octanol–water partition coefficient (Wildman–Crippen LogP) is 7.07. The van der Waals surface area contributed by atoms with Gasteiger partial charge in [0.2, 0.25) is 0 Å². The molecule has 0 spiro atoms. The molecule has 5 heteroatoms. The van der Waals surface area contributed by atoms with Crippen LogP contribution in [0.15, 0.2) is 33.9 Å². The monoisotopic (exact) mass is 435 g/mol. The Morgan fingerprint density at radius 3 is 2.03 bits per heavy atom. The molecule has 0 unspecified atom stereocenters. The zero-order valence-corrected chi connectivity index (χ0v) is 22.4. The van der Waals surface area contributed by atoms with Crippen LogP contribution >= 0.6 is 0 Å². The van der Waals surface area contributed by atoms with Crippen LogP contribution in [-0.2, 0) is 4.74 Å². The first-order valence-electron chi connectivity index (χ1n) is 11.8. The smallest absolute Gasteiger partial charge is 0.294 e. The maximum atomic E-state index is 13.0. The van der Waals surface area contributed by atoms with Crippen molar-refractivity contribution < 1.29 is 4.74 Å². The van der Waals surface area contributed by atoms with E-state index in [1.54, 1.807) is 7.11 Å². The van der Waals surface area contributed by atoms with Crippen molar-refractivity contribution in [2.75, 3.05) is 25.2 Å². The van der Waals surface area contributed by atoms with E-state index < -0.39 is 0 Å². The first kappa shape index (κ1) is 31.3. The Morgan fingerprint density at radius 2 is 1.68 bits per heavy atom. The van der Waals surface area contributed by atoms with Crippen LogP contribution in [0.4, 0.5) is 5.82 Å². The summed E-state index contributed by atoms with van der Waals surface area (Å²) in [6.07, 6.45) is 6.82. The summed E-state index contributed by atoms with van der Waals surface area (Å²) in [6.45, 7) is 24.2. The van der Waals surface area contributed by atoms with Crippen molar-refractivity contribution in [1.29, 1.82) is 0 Å². The van der Waals surface area contributed by atoms with E-state index >= 15 is 0 Å². The van der Waals surface area contributed by atoms with E-state index in [0.29, 0.717) is 5.82 Å². The molecule has 1 aromatic rings. The maximum absolute atomic E-state index is 13.0. The lowest BCUT2D eigenvalue weighted by molar-refractivity contribution is 0.233. The molecule has 0 saturated heterocycles. The minimum Gasteiger partial charge on any atom is -0.381 e. The molecule has 0 N–H and O–H groups in total. The van der Waals surface area contributed by atoms with Gasteiger partial charge in [0.1, 0.15) is 0 Å². The van der Waals surface area contributed by atoms with Gasteiger partial charge in [-0.15, -0.1) is 0 Å². The normalized spacial score (nSPS) is 9.84. The van der Waals surface area contributed by atoms with E-state index in [-0.39, 0.29) is 11.6 Å². The Bertz CT molecular complexity index is 721. The Labute approximate surface area is 192 Å². The summed E-state index contributed by atoms with van der Waals surface area (Å²) in [5, 5.41) is 0. The zero-order valence-electron chi connectivity index (χ0n) is 22.4. The van der Waals surface area contributed by atoms with Crippen LogP contribution in [0, 0.1) is 6.92 Å². The number of aromatic nitrogens is 2. The van der Waals surface area contributed by atoms with Gasteiger partial charge in [-0.2, -0.15) is 0 Å². The van der Waals surface area contributed by atoms with Crippen molar-refractivity contribution in [2.45, 2.75) is 101 Å². The number of nitrogens with zero attached hydrogens (tertiary/aromatic N) is 3. The number of methoxy groups -OCH3 is 1. The molecule has 0 amide bonds. The van der Waals surface area contributed by atoms with Gasteiger partial charge in [0.25, 0.3) is 5.56 Å². The summed E-state index contributed by atoms with van der Waals surface area (Å²) in [5.41, 5.74) is 4.55. The first-order chi connectivity index (χ1) is 14.6. The Hall–Kier alpha value is -1.88. The van der Waals surface area contributed by atoms with Crippen molar-refractivity contribution in [1.82, 2.24) is 9.55 Å². The lowest BCUT2D eigenvalue weighted by Crippen LogP contribution is -2.35. The highest BCUT2D eigenvalue weighted by molar-refractivity contribution is 5.45. The van der Waals surface area contributed by atoms with Gasteiger partial charge in [-0.1, -0.05) is 51.8 Å². The van der Waals surface area contributed by atoms with E-state index in [1.165, 1.54) is 11.1 Å². The fourth-order valence-electron chi connectivity index (χ4n) is 2.92. The topological polar surface area (TPSA) is 47.4 Å². The average Bonchev–Trinajstić information content (AvgIpc) is 2.75. The predicted molar refractivity (Wildman–Crippen MR) is 137 cm³/mol. The number of ether oxygens (including phenoxy) is 1. The first-order valence-corrected chi connectivity index (χ1v) is 11.8. The maximum Gasteiger partial charge on any atom is 0.294 e. The number of aryl methyl sites for hydroxylation is 1. The van der Waals surface area contributed by atoms with E-state index in [2.05, 4.69) is 65.3 Å². The molecule has 0 bridgehead atoms. The molecule has 180 valence electrons. The van der Waals surface area contributed by atoms with Crippen molar-refractivity contribution in [3.63, 3.8) is 0 Å². The third-order valence-electron chi connectivity index (χ3n) is 4.86. The fraction of sp³-hybridized carbons (Fsp3) is 0.692. The van der Waals surface area contributed by atoms with Gasteiger partial charge in [0.15, 0.2) is 5.82 Å². The quantitative estimate of drug-likeness (QED) is 0.389. The summed E-state index contributed by atoms with van der Waals surface area (Å²) < 4.78 is 6.65. The Kier molecular flexibility index (Phi) is 17.9. The standard InChI is InChI=1S/C18H31N3O.C6H12O.C2H6/c1-8-11-20(15(7)13(4)5)17-18(22)21(12-14(6)19-17)16(9-2)10-3;1-6(2)4-5-7-3;1-2/h12,16H,8-11H2,1-7H3;4H,5H2,1-3H3;1-2H3. The molecular weight excluding hydrogens is 386 g/mol. The summed E-state index contributed by atoms with van der Waals surface area (Å²) in [7, 11) is 1.69. The van der Waals surface area contributed by atoms with Crippen molar-refractivity contribution in [3.05, 3.63) is 45.2 Å². The number of rotatable bonds is 9. The molecule has 0 aromatic carbocycles. The molecule has 0 saturated carbocycles. The molecule has 5 nitrogen and oxygen atoms in total. The SMILES string of the molecule is CC.CCCN(C(C)=C(C)C)c1nc(C)cn(C(CC)CC)c1=O.COCC=C(C)C. The lowest BCUT2D eigenvalue weighted by Gasteiger charge is -2.27. The Balaban J connectivity index is 0. The summed E-state index contributed by atoms with van der Waals surface area (Å²) in [5.74, 6) is 0.562. The van der Waals surface area contributed by atoms with Crippen LogP contribution in [0.1, 0.15) is 100 Å². The molecule has 0 fully saturated rings. The third kappa shape index (κ3) is 11.3. The fourth-order valence-corrected chi connectivity index (χ4v) is 2.92. The van der Waals surface area contributed by atoms with Crippen LogP contribution in [-0.4, -0.2) is 29.8 Å². The molecule has 1 aromatic heterocycles. The molecule has 0 aliphatic rings. The largest absolute Gasteiger partial charge is 0.381 e.